The Hall–Kier alpha value is -3.15. The van der Waals surface area contributed by atoms with E-state index in [9.17, 15) is 14.4 Å². The van der Waals surface area contributed by atoms with Crippen molar-refractivity contribution in [3.8, 4) is 16.9 Å². The molecule has 0 aliphatic carbocycles. The minimum atomic E-state index is -0.842. The molecule has 0 aromatic heterocycles. The number of hydrogen-bond acceptors (Lipinski definition) is 5. The molecular weight excluding hydrogens is 334 g/mol. The summed E-state index contributed by atoms with van der Waals surface area (Å²) in [6, 6.07) is 13.9. The number of hydrogen-bond donors (Lipinski definition) is 0. The van der Waals surface area contributed by atoms with Crippen molar-refractivity contribution < 1.29 is 23.9 Å². The molecule has 136 valence electrons. The lowest BCUT2D eigenvalue weighted by Crippen LogP contribution is -2.34. The van der Waals surface area contributed by atoms with Crippen LogP contribution >= 0.6 is 0 Å². The van der Waals surface area contributed by atoms with Crippen LogP contribution < -0.4 is 4.74 Å². The molecule has 0 radical (unpaired) electrons. The monoisotopic (exact) mass is 355 g/mol. The molecule has 0 aliphatic rings. The molecule has 2 aromatic carbocycles. The van der Waals surface area contributed by atoms with Crippen LogP contribution in [0.2, 0.25) is 0 Å². The average Bonchev–Trinajstić information content (AvgIpc) is 2.61. The van der Waals surface area contributed by atoms with Gasteiger partial charge in [-0.05, 0) is 42.3 Å². The van der Waals surface area contributed by atoms with E-state index in [0.29, 0.717) is 11.3 Å². The van der Waals surface area contributed by atoms with Crippen LogP contribution in [-0.2, 0) is 14.3 Å². The van der Waals surface area contributed by atoms with Gasteiger partial charge in [0, 0.05) is 21.0 Å². The Bertz CT molecular complexity index is 794. The van der Waals surface area contributed by atoms with Crippen molar-refractivity contribution in [1.29, 1.82) is 0 Å². The summed E-state index contributed by atoms with van der Waals surface area (Å²) in [7, 11) is 3.21. The number of ether oxygens (including phenoxy) is 2. The fourth-order valence-corrected chi connectivity index (χ4v) is 2.32. The molecule has 2 aromatic rings. The largest absolute Gasteiger partial charge is 0.449 e. The van der Waals surface area contributed by atoms with E-state index < -0.39 is 12.1 Å². The highest BCUT2D eigenvalue weighted by molar-refractivity contribution is 5.92. The van der Waals surface area contributed by atoms with Crippen molar-refractivity contribution in [2.45, 2.75) is 20.0 Å². The van der Waals surface area contributed by atoms with Gasteiger partial charge in [-0.1, -0.05) is 24.3 Å². The number of amides is 1. The van der Waals surface area contributed by atoms with E-state index in [1.165, 1.54) is 11.8 Å². The number of carbonyl (C=O) groups excluding carboxylic acids is 3. The molecule has 0 bridgehead atoms. The summed E-state index contributed by atoms with van der Waals surface area (Å²) in [6.07, 6.45) is -0.842. The third-order valence-corrected chi connectivity index (χ3v) is 3.64. The maximum Gasteiger partial charge on any atom is 0.338 e. The summed E-state index contributed by atoms with van der Waals surface area (Å²) in [4.78, 5) is 36.2. The second-order valence-electron chi connectivity index (χ2n) is 5.98. The molecule has 0 unspecified atom stereocenters. The maximum atomic E-state index is 12.1. The van der Waals surface area contributed by atoms with Gasteiger partial charge in [0.05, 0.1) is 5.56 Å². The van der Waals surface area contributed by atoms with Crippen molar-refractivity contribution >= 4 is 17.8 Å². The fraction of sp³-hybridized carbons (Fsp3) is 0.250. The lowest BCUT2D eigenvalue weighted by molar-refractivity contribution is -0.137. The normalized spacial score (nSPS) is 11.4. The van der Waals surface area contributed by atoms with Gasteiger partial charge in [-0.2, -0.15) is 0 Å². The minimum Gasteiger partial charge on any atom is -0.449 e. The minimum absolute atomic E-state index is 0.275. The predicted molar refractivity (Wildman–Crippen MR) is 96.8 cm³/mol. The summed E-state index contributed by atoms with van der Waals surface area (Å²) >= 11 is 0. The number of esters is 2. The Morgan fingerprint density at radius 1 is 0.885 bits per heavy atom. The van der Waals surface area contributed by atoms with Crippen LogP contribution in [0.4, 0.5) is 0 Å². The molecule has 0 saturated heterocycles. The number of likely N-dealkylation sites (N-methyl/N-ethyl adjacent to an activating group) is 1. The Labute approximate surface area is 152 Å². The molecule has 0 spiro atoms. The predicted octanol–water partition coefficient (Wildman–Crippen LogP) is 2.91. The first kappa shape index (κ1) is 19.2. The van der Waals surface area contributed by atoms with Crippen molar-refractivity contribution in [3.05, 3.63) is 54.1 Å². The fourth-order valence-electron chi connectivity index (χ4n) is 2.32. The highest BCUT2D eigenvalue weighted by Crippen LogP contribution is 2.23. The van der Waals surface area contributed by atoms with Crippen LogP contribution in [-0.4, -0.2) is 42.9 Å². The van der Waals surface area contributed by atoms with Gasteiger partial charge in [-0.15, -0.1) is 0 Å². The van der Waals surface area contributed by atoms with Crippen LogP contribution in [0.25, 0.3) is 11.1 Å². The molecule has 1 amide bonds. The molecule has 0 heterocycles. The second-order valence-corrected chi connectivity index (χ2v) is 5.98. The highest BCUT2D eigenvalue weighted by Gasteiger charge is 2.20. The standard InChI is InChI=1S/C20H21NO5/c1-13(19(23)21(3)4)25-20(24)17-7-5-15(6-8-17)16-9-11-18(12-10-16)26-14(2)22/h5-13H,1-4H3/t13-/m1/s1. The lowest BCUT2D eigenvalue weighted by Gasteiger charge is -2.17. The highest BCUT2D eigenvalue weighted by atomic mass is 16.5. The van der Waals surface area contributed by atoms with Gasteiger partial charge < -0.3 is 14.4 Å². The Morgan fingerprint density at radius 2 is 1.38 bits per heavy atom. The zero-order valence-corrected chi connectivity index (χ0v) is 15.2. The van der Waals surface area contributed by atoms with E-state index in [-0.39, 0.29) is 11.9 Å². The first-order valence-electron chi connectivity index (χ1n) is 8.09. The first-order valence-corrected chi connectivity index (χ1v) is 8.09. The van der Waals surface area contributed by atoms with Gasteiger partial charge in [0.25, 0.3) is 5.91 Å². The molecule has 1 atom stereocenters. The maximum absolute atomic E-state index is 12.1. The van der Waals surface area contributed by atoms with E-state index in [1.807, 2.05) is 12.1 Å². The molecule has 0 saturated carbocycles. The van der Waals surface area contributed by atoms with E-state index in [2.05, 4.69) is 0 Å². The molecule has 6 nitrogen and oxygen atoms in total. The summed E-state index contributed by atoms with van der Waals surface area (Å²) in [5, 5.41) is 0. The molecular formula is C20H21NO5. The number of carbonyl (C=O) groups is 3. The lowest BCUT2D eigenvalue weighted by atomic mass is 10.0. The zero-order valence-electron chi connectivity index (χ0n) is 15.2. The molecule has 0 fully saturated rings. The number of benzene rings is 2. The van der Waals surface area contributed by atoms with Crippen LogP contribution in [0.3, 0.4) is 0 Å². The van der Waals surface area contributed by atoms with Gasteiger partial charge >= 0.3 is 11.9 Å². The number of nitrogens with zero attached hydrogens (tertiary/aromatic N) is 1. The van der Waals surface area contributed by atoms with E-state index in [0.717, 1.165) is 11.1 Å². The van der Waals surface area contributed by atoms with Crippen LogP contribution in [0, 0.1) is 0 Å². The summed E-state index contributed by atoms with van der Waals surface area (Å²) in [6.45, 7) is 2.89. The van der Waals surface area contributed by atoms with E-state index in [1.54, 1.807) is 57.4 Å². The van der Waals surface area contributed by atoms with Crippen molar-refractivity contribution in [2.75, 3.05) is 14.1 Å². The summed E-state index contributed by atoms with van der Waals surface area (Å²) in [5.41, 5.74) is 2.18. The SMILES string of the molecule is CC(=O)Oc1ccc(-c2ccc(C(=O)O[C@H](C)C(=O)N(C)C)cc2)cc1. The zero-order chi connectivity index (χ0) is 19.3. The van der Waals surface area contributed by atoms with E-state index in [4.69, 9.17) is 9.47 Å². The second kappa shape index (κ2) is 8.29. The van der Waals surface area contributed by atoms with Crippen molar-refractivity contribution in [3.63, 3.8) is 0 Å². The first-order chi connectivity index (χ1) is 12.3. The van der Waals surface area contributed by atoms with E-state index >= 15 is 0 Å². The van der Waals surface area contributed by atoms with Crippen molar-refractivity contribution in [2.24, 2.45) is 0 Å². The number of rotatable bonds is 5. The topological polar surface area (TPSA) is 72.9 Å². The Kier molecular flexibility index (Phi) is 6.11. The Morgan fingerprint density at radius 3 is 1.85 bits per heavy atom. The van der Waals surface area contributed by atoms with Gasteiger partial charge in [0.2, 0.25) is 0 Å². The molecule has 0 N–H and O–H groups in total. The quantitative estimate of drug-likeness (QED) is 0.609. The Balaban J connectivity index is 2.06. The summed E-state index contributed by atoms with van der Waals surface area (Å²) in [5.74, 6) is -0.726. The molecule has 26 heavy (non-hydrogen) atoms. The molecule has 0 aliphatic heterocycles. The van der Waals surface area contributed by atoms with Gasteiger partial charge in [0.15, 0.2) is 6.10 Å². The van der Waals surface area contributed by atoms with Crippen LogP contribution in [0.1, 0.15) is 24.2 Å². The van der Waals surface area contributed by atoms with Gasteiger partial charge in [0.1, 0.15) is 5.75 Å². The average molecular weight is 355 g/mol. The smallest absolute Gasteiger partial charge is 0.338 e. The third-order valence-electron chi connectivity index (χ3n) is 3.64. The molecule has 6 heteroatoms. The van der Waals surface area contributed by atoms with Crippen LogP contribution in [0.15, 0.2) is 48.5 Å². The summed E-state index contributed by atoms with van der Waals surface area (Å²) < 4.78 is 10.2. The molecule has 2 rings (SSSR count). The van der Waals surface area contributed by atoms with Gasteiger partial charge in [-0.3, -0.25) is 9.59 Å². The van der Waals surface area contributed by atoms with Crippen molar-refractivity contribution in [1.82, 2.24) is 4.90 Å². The van der Waals surface area contributed by atoms with Crippen LogP contribution in [0.5, 0.6) is 5.75 Å². The van der Waals surface area contributed by atoms with Gasteiger partial charge in [-0.25, -0.2) is 4.79 Å². The third kappa shape index (κ3) is 4.92.